The summed E-state index contributed by atoms with van der Waals surface area (Å²) in [7, 11) is 0. The quantitative estimate of drug-likeness (QED) is 0.665. The zero-order valence-corrected chi connectivity index (χ0v) is 11.8. The van der Waals surface area contributed by atoms with Gasteiger partial charge in [-0.05, 0) is 41.6 Å². The molecular formula is C12H14BrN3O3. The molecule has 6 nitrogen and oxygen atoms in total. The number of piperidine rings is 1. The molecule has 1 aromatic heterocycles. The van der Waals surface area contributed by atoms with Gasteiger partial charge in [0.15, 0.2) is 0 Å². The van der Waals surface area contributed by atoms with Crippen molar-refractivity contribution in [2.45, 2.75) is 43.9 Å². The number of anilines is 1. The smallest absolute Gasteiger partial charge is 0.311 e. The molecule has 0 amide bonds. The third-order valence-electron chi connectivity index (χ3n) is 4.02. The molecule has 19 heavy (non-hydrogen) atoms. The Bertz CT molecular complexity index is 511. The van der Waals surface area contributed by atoms with Gasteiger partial charge >= 0.3 is 5.69 Å². The van der Waals surface area contributed by atoms with E-state index < -0.39 is 4.92 Å². The summed E-state index contributed by atoms with van der Waals surface area (Å²) in [6.07, 6.45) is 5.93. The topological polar surface area (TPSA) is 79.5 Å². The molecule has 2 aliphatic rings. The maximum absolute atomic E-state index is 11.2. The van der Waals surface area contributed by atoms with E-state index in [1.54, 1.807) is 6.20 Å². The Labute approximate surface area is 118 Å². The third-order valence-corrected chi connectivity index (χ3v) is 4.60. The second kappa shape index (κ2) is 4.72. The van der Waals surface area contributed by atoms with Crippen LogP contribution >= 0.6 is 15.9 Å². The summed E-state index contributed by atoms with van der Waals surface area (Å²) in [5.74, 6) is 0. The van der Waals surface area contributed by atoms with Crippen molar-refractivity contribution in [3.8, 4) is 0 Å². The van der Waals surface area contributed by atoms with Crippen LogP contribution in [0.15, 0.2) is 16.9 Å². The molecule has 0 spiro atoms. The minimum absolute atomic E-state index is 0.0302. The molecule has 2 bridgehead atoms. The van der Waals surface area contributed by atoms with Crippen LogP contribution in [0.1, 0.15) is 25.7 Å². The highest BCUT2D eigenvalue weighted by Gasteiger charge is 2.43. The van der Waals surface area contributed by atoms with E-state index in [2.05, 4.69) is 25.8 Å². The van der Waals surface area contributed by atoms with Gasteiger partial charge in [0, 0.05) is 18.3 Å². The Morgan fingerprint density at radius 2 is 2.00 bits per heavy atom. The van der Waals surface area contributed by atoms with E-state index in [0.717, 1.165) is 12.8 Å². The monoisotopic (exact) mass is 327 g/mol. The largest absolute Gasteiger partial charge is 0.393 e. The number of aliphatic hydroxyl groups is 1. The Morgan fingerprint density at radius 1 is 1.37 bits per heavy atom. The number of nitro groups is 1. The number of fused-ring (bicyclic) bond motifs is 2. The lowest BCUT2D eigenvalue weighted by molar-refractivity contribution is -0.384. The van der Waals surface area contributed by atoms with Gasteiger partial charge in [-0.3, -0.25) is 15.1 Å². The second-order valence-electron chi connectivity index (χ2n) is 5.16. The fourth-order valence-electron chi connectivity index (χ4n) is 3.32. The average Bonchev–Trinajstić information content (AvgIpc) is 2.61. The predicted molar refractivity (Wildman–Crippen MR) is 73.1 cm³/mol. The molecule has 0 aliphatic carbocycles. The molecule has 3 heterocycles. The molecule has 7 heteroatoms. The van der Waals surface area contributed by atoms with Crippen molar-refractivity contribution >= 4 is 27.3 Å². The number of pyridine rings is 1. The fraction of sp³-hybridized carbons (Fsp3) is 0.583. The highest BCUT2D eigenvalue weighted by atomic mass is 79.9. The first-order valence-corrected chi connectivity index (χ1v) is 7.11. The molecule has 0 aromatic carbocycles. The maximum Gasteiger partial charge on any atom is 0.311 e. The van der Waals surface area contributed by atoms with Crippen LogP contribution in [0, 0.1) is 10.1 Å². The zero-order valence-electron chi connectivity index (χ0n) is 10.2. The number of halogens is 1. The molecule has 2 unspecified atom stereocenters. The molecule has 2 atom stereocenters. The van der Waals surface area contributed by atoms with Gasteiger partial charge in [0.25, 0.3) is 0 Å². The minimum Gasteiger partial charge on any atom is -0.393 e. The summed E-state index contributed by atoms with van der Waals surface area (Å²) in [5, 5.41) is 21.0. The van der Waals surface area contributed by atoms with Crippen LogP contribution in [0.2, 0.25) is 0 Å². The van der Waals surface area contributed by atoms with Crippen LogP contribution in [0.5, 0.6) is 0 Å². The van der Waals surface area contributed by atoms with Crippen LogP contribution in [0.3, 0.4) is 0 Å². The summed E-state index contributed by atoms with van der Waals surface area (Å²) >= 11 is 3.38. The van der Waals surface area contributed by atoms with Gasteiger partial charge in [0.05, 0.1) is 15.5 Å². The summed E-state index contributed by atoms with van der Waals surface area (Å²) < 4.78 is 0.648. The van der Waals surface area contributed by atoms with Crippen LogP contribution in [-0.2, 0) is 0 Å². The summed E-state index contributed by atoms with van der Waals surface area (Å²) in [4.78, 5) is 16.8. The summed E-state index contributed by atoms with van der Waals surface area (Å²) in [6, 6.07) is 0.372. The zero-order chi connectivity index (χ0) is 13.6. The van der Waals surface area contributed by atoms with E-state index in [-0.39, 0.29) is 23.9 Å². The first-order chi connectivity index (χ1) is 9.08. The highest BCUT2D eigenvalue weighted by Crippen LogP contribution is 2.45. The van der Waals surface area contributed by atoms with Crippen molar-refractivity contribution in [2.75, 3.05) is 4.90 Å². The van der Waals surface area contributed by atoms with Crippen molar-refractivity contribution in [1.82, 2.24) is 4.98 Å². The van der Waals surface area contributed by atoms with Gasteiger partial charge in [0.2, 0.25) is 0 Å². The molecule has 1 aromatic rings. The second-order valence-corrected chi connectivity index (χ2v) is 6.02. The van der Waals surface area contributed by atoms with E-state index in [0.29, 0.717) is 23.0 Å². The number of nitrogens with zero attached hydrogens (tertiary/aromatic N) is 3. The number of hydrogen-bond donors (Lipinski definition) is 1. The number of aromatic nitrogens is 1. The molecule has 3 rings (SSSR count). The lowest BCUT2D eigenvalue weighted by Crippen LogP contribution is -2.45. The summed E-state index contributed by atoms with van der Waals surface area (Å²) in [5.41, 5.74) is 0.641. The first-order valence-electron chi connectivity index (χ1n) is 6.32. The van der Waals surface area contributed by atoms with Crippen molar-refractivity contribution in [3.63, 3.8) is 0 Å². The Morgan fingerprint density at radius 3 is 2.58 bits per heavy atom. The maximum atomic E-state index is 11.2. The van der Waals surface area contributed by atoms with Gasteiger partial charge in [-0.25, -0.2) is 0 Å². The molecule has 2 aliphatic heterocycles. The number of aliphatic hydroxyl groups excluding tert-OH is 1. The van der Waals surface area contributed by atoms with E-state index in [4.69, 9.17) is 0 Å². The Balaban J connectivity index is 2.06. The van der Waals surface area contributed by atoms with Crippen LogP contribution in [0.25, 0.3) is 0 Å². The van der Waals surface area contributed by atoms with Gasteiger partial charge in [-0.15, -0.1) is 0 Å². The number of hydrogen-bond acceptors (Lipinski definition) is 5. The Hall–Kier alpha value is -1.21. The van der Waals surface area contributed by atoms with Gasteiger partial charge in [-0.2, -0.15) is 0 Å². The van der Waals surface area contributed by atoms with Gasteiger partial charge in [-0.1, -0.05) is 0 Å². The molecule has 2 fully saturated rings. The van der Waals surface area contributed by atoms with Crippen LogP contribution in [-0.4, -0.2) is 33.2 Å². The third kappa shape index (κ3) is 2.10. The van der Waals surface area contributed by atoms with Crippen molar-refractivity contribution in [3.05, 3.63) is 27.0 Å². The molecule has 0 saturated carbocycles. The van der Waals surface area contributed by atoms with E-state index in [1.807, 2.05) is 0 Å². The minimum atomic E-state index is -0.391. The predicted octanol–water partition coefficient (Wildman–Crippen LogP) is 2.24. The molecular weight excluding hydrogens is 314 g/mol. The van der Waals surface area contributed by atoms with Gasteiger partial charge in [0.1, 0.15) is 11.9 Å². The average molecular weight is 328 g/mol. The normalized spacial score (nSPS) is 29.6. The van der Waals surface area contributed by atoms with Gasteiger partial charge < -0.3 is 10.0 Å². The molecule has 102 valence electrons. The van der Waals surface area contributed by atoms with Crippen LogP contribution < -0.4 is 4.90 Å². The number of rotatable bonds is 2. The highest BCUT2D eigenvalue weighted by molar-refractivity contribution is 9.10. The van der Waals surface area contributed by atoms with Crippen molar-refractivity contribution in [1.29, 1.82) is 0 Å². The molecule has 0 radical (unpaired) electrons. The van der Waals surface area contributed by atoms with Crippen molar-refractivity contribution in [2.24, 2.45) is 0 Å². The van der Waals surface area contributed by atoms with E-state index >= 15 is 0 Å². The van der Waals surface area contributed by atoms with Crippen LogP contribution in [0.4, 0.5) is 11.4 Å². The van der Waals surface area contributed by atoms with E-state index in [9.17, 15) is 15.2 Å². The molecule has 1 N–H and O–H groups in total. The standard InChI is InChI=1S/C12H14BrN3O3/c13-10-5-14-6-11(16(18)19)12(10)15-7-1-2-8(15)4-9(17)3-7/h5-9,17H,1-4H2. The lowest BCUT2D eigenvalue weighted by Gasteiger charge is -2.38. The lowest BCUT2D eigenvalue weighted by atomic mass is 9.99. The van der Waals surface area contributed by atoms with E-state index in [1.165, 1.54) is 6.20 Å². The Kier molecular flexibility index (Phi) is 3.18. The SMILES string of the molecule is O=[N+]([O-])c1cncc(Br)c1N1C2CCC1CC(O)C2. The van der Waals surface area contributed by atoms with Crippen molar-refractivity contribution < 1.29 is 10.0 Å². The summed E-state index contributed by atoms with van der Waals surface area (Å²) in [6.45, 7) is 0. The molecule has 2 saturated heterocycles. The first kappa shape index (κ1) is 12.8. The fourth-order valence-corrected chi connectivity index (χ4v) is 3.85.